The first-order valence-electron chi connectivity index (χ1n) is 9.87. The minimum absolute atomic E-state index is 0.267. The topological polar surface area (TPSA) is 18.5 Å². The van der Waals surface area contributed by atoms with Gasteiger partial charge in [-0.2, -0.15) is 0 Å². The van der Waals surface area contributed by atoms with Crippen molar-refractivity contribution in [2.45, 2.75) is 77.9 Å². The molecule has 0 unspecified atom stereocenters. The van der Waals surface area contributed by atoms with Crippen LogP contribution in [0.3, 0.4) is 0 Å². The Kier molecular flexibility index (Phi) is 5.96. The Morgan fingerprint density at radius 2 is 1.50 bits per heavy atom. The van der Waals surface area contributed by atoms with Crippen molar-refractivity contribution >= 4 is 23.2 Å². The quantitative estimate of drug-likeness (QED) is 0.450. The van der Waals surface area contributed by atoms with E-state index in [0.29, 0.717) is 0 Å². The van der Waals surface area contributed by atoms with Gasteiger partial charge in [0.05, 0.1) is 11.2 Å². The van der Waals surface area contributed by atoms with Gasteiger partial charge in [-0.15, -0.1) is 11.3 Å². The number of benzene rings is 1. The van der Waals surface area contributed by atoms with Crippen LogP contribution < -0.4 is 4.78 Å². The summed E-state index contributed by atoms with van der Waals surface area (Å²) in [6, 6.07) is 13.4. The lowest BCUT2D eigenvalue weighted by molar-refractivity contribution is 0.00578. The molecule has 0 aliphatic carbocycles. The molecule has 140 valence electrons. The molecule has 1 aromatic carbocycles. The fraction of sp³-hybridized carbons (Fsp3) is 0.545. The van der Waals surface area contributed by atoms with Crippen molar-refractivity contribution in [2.75, 3.05) is 0 Å². The molecule has 0 atom stereocenters. The maximum absolute atomic E-state index is 6.17. The maximum atomic E-state index is 6.17. The number of rotatable bonds is 7. The van der Waals surface area contributed by atoms with E-state index in [1.165, 1.54) is 48.1 Å². The van der Waals surface area contributed by atoms with Crippen LogP contribution in [0.2, 0.25) is 0 Å². The molecule has 0 spiro atoms. The standard InChI is InChI=1S/C22H31BO2S/c1-6-7-8-9-10-17-11-13-18(14-12-17)19-15-16-20(26-19)23-24-21(2,3)22(4,5)25-23/h11-16H,6-10H2,1-5H3. The van der Waals surface area contributed by atoms with Gasteiger partial charge in [0.15, 0.2) is 0 Å². The first-order chi connectivity index (χ1) is 12.3. The molecule has 1 aliphatic heterocycles. The number of unbranched alkanes of at least 4 members (excludes halogenated alkanes) is 3. The predicted octanol–water partition coefficient (Wildman–Crippen LogP) is 5.84. The van der Waals surface area contributed by atoms with E-state index >= 15 is 0 Å². The van der Waals surface area contributed by atoms with Gasteiger partial charge in [-0.05, 0) is 57.7 Å². The van der Waals surface area contributed by atoms with Crippen LogP contribution in [-0.4, -0.2) is 18.3 Å². The summed E-state index contributed by atoms with van der Waals surface area (Å²) in [5.41, 5.74) is 2.13. The van der Waals surface area contributed by atoms with Gasteiger partial charge >= 0.3 is 7.12 Å². The van der Waals surface area contributed by atoms with Crippen LogP contribution >= 0.6 is 11.3 Å². The van der Waals surface area contributed by atoms with Gasteiger partial charge in [-0.25, -0.2) is 0 Å². The Morgan fingerprint density at radius 1 is 0.846 bits per heavy atom. The van der Waals surface area contributed by atoms with Crippen LogP contribution in [0.5, 0.6) is 0 Å². The van der Waals surface area contributed by atoms with Gasteiger partial charge in [0.2, 0.25) is 0 Å². The second-order valence-electron chi connectivity index (χ2n) is 8.30. The summed E-state index contributed by atoms with van der Waals surface area (Å²) in [6.07, 6.45) is 6.44. The fourth-order valence-electron chi connectivity index (χ4n) is 3.19. The Labute approximate surface area is 163 Å². The highest BCUT2D eigenvalue weighted by molar-refractivity contribution is 7.25. The number of hydrogen-bond acceptors (Lipinski definition) is 3. The molecule has 0 bridgehead atoms. The summed E-state index contributed by atoms with van der Waals surface area (Å²) in [7, 11) is -0.267. The molecule has 0 saturated carbocycles. The van der Waals surface area contributed by atoms with E-state index in [1.54, 1.807) is 11.3 Å². The Bertz CT molecular complexity index is 702. The van der Waals surface area contributed by atoms with Crippen molar-refractivity contribution in [1.82, 2.24) is 0 Å². The lowest BCUT2D eigenvalue weighted by Gasteiger charge is -2.32. The summed E-state index contributed by atoms with van der Waals surface area (Å²) < 4.78 is 13.5. The molecule has 2 aromatic rings. The average Bonchev–Trinajstić information content (AvgIpc) is 3.15. The largest absolute Gasteiger partial charge is 0.505 e. The average molecular weight is 370 g/mol. The van der Waals surface area contributed by atoms with E-state index in [-0.39, 0.29) is 18.3 Å². The molecule has 2 heterocycles. The second kappa shape index (κ2) is 7.88. The fourth-order valence-corrected chi connectivity index (χ4v) is 4.16. The summed E-state index contributed by atoms with van der Waals surface area (Å²) in [5, 5.41) is 0. The third-order valence-corrected chi connectivity index (χ3v) is 6.83. The molecule has 26 heavy (non-hydrogen) atoms. The van der Waals surface area contributed by atoms with Crippen molar-refractivity contribution in [3.63, 3.8) is 0 Å². The van der Waals surface area contributed by atoms with Gasteiger partial charge in [0, 0.05) is 9.65 Å². The zero-order valence-electron chi connectivity index (χ0n) is 16.8. The lowest BCUT2D eigenvalue weighted by Crippen LogP contribution is -2.41. The van der Waals surface area contributed by atoms with Crippen LogP contribution in [0.4, 0.5) is 0 Å². The molecule has 0 N–H and O–H groups in total. The molecule has 1 saturated heterocycles. The van der Waals surface area contributed by atoms with Gasteiger partial charge in [-0.1, -0.05) is 56.5 Å². The Morgan fingerprint density at radius 3 is 2.12 bits per heavy atom. The van der Waals surface area contributed by atoms with Gasteiger partial charge in [0.25, 0.3) is 0 Å². The Hall–Kier alpha value is -1.10. The van der Waals surface area contributed by atoms with E-state index in [4.69, 9.17) is 9.31 Å². The van der Waals surface area contributed by atoms with E-state index in [0.717, 1.165) is 4.78 Å². The highest BCUT2D eigenvalue weighted by Crippen LogP contribution is 2.37. The molecule has 3 rings (SSSR count). The first-order valence-corrected chi connectivity index (χ1v) is 10.7. The minimum atomic E-state index is -0.290. The monoisotopic (exact) mass is 370 g/mol. The normalized spacial score (nSPS) is 18.4. The highest BCUT2D eigenvalue weighted by atomic mass is 32.1. The van der Waals surface area contributed by atoms with Crippen molar-refractivity contribution in [1.29, 1.82) is 0 Å². The second-order valence-corrected chi connectivity index (χ2v) is 9.41. The van der Waals surface area contributed by atoms with Gasteiger partial charge in [-0.3, -0.25) is 0 Å². The molecular weight excluding hydrogens is 339 g/mol. The van der Waals surface area contributed by atoms with E-state index < -0.39 is 0 Å². The van der Waals surface area contributed by atoms with Crippen LogP contribution in [0, 0.1) is 0 Å². The molecule has 0 amide bonds. The molecule has 1 aliphatic rings. The number of thiophene rings is 1. The van der Waals surface area contributed by atoms with Crippen LogP contribution in [0.25, 0.3) is 10.4 Å². The summed E-state index contributed by atoms with van der Waals surface area (Å²) >= 11 is 1.77. The molecular formula is C22H31BO2S. The van der Waals surface area contributed by atoms with Crippen molar-refractivity contribution in [3.05, 3.63) is 42.0 Å². The highest BCUT2D eigenvalue weighted by Gasteiger charge is 2.52. The molecule has 1 aromatic heterocycles. The molecule has 2 nitrogen and oxygen atoms in total. The zero-order valence-corrected chi connectivity index (χ0v) is 17.6. The van der Waals surface area contributed by atoms with Crippen molar-refractivity contribution < 1.29 is 9.31 Å². The third kappa shape index (κ3) is 4.24. The Balaban J connectivity index is 1.65. The number of hydrogen-bond donors (Lipinski definition) is 0. The third-order valence-electron chi connectivity index (χ3n) is 5.67. The molecule has 4 heteroatoms. The van der Waals surface area contributed by atoms with Gasteiger partial charge in [0.1, 0.15) is 0 Å². The van der Waals surface area contributed by atoms with E-state index in [1.807, 2.05) is 0 Å². The smallest absolute Gasteiger partial charge is 0.399 e. The van der Waals surface area contributed by atoms with Crippen LogP contribution in [0.1, 0.15) is 65.9 Å². The van der Waals surface area contributed by atoms with E-state index in [9.17, 15) is 0 Å². The summed E-state index contributed by atoms with van der Waals surface area (Å²) in [6.45, 7) is 10.6. The van der Waals surface area contributed by atoms with Crippen LogP contribution in [0.15, 0.2) is 36.4 Å². The lowest BCUT2D eigenvalue weighted by atomic mass is 9.88. The van der Waals surface area contributed by atoms with Crippen molar-refractivity contribution in [3.8, 4) is 10.4 Å². The SMILES string of the molecule is CCCCCCc1ccc(-c2ccc(B3OC(C)(C)C(C)(C)O3)s2)cc1. The van der Waals surface area contributed by atoms with E-state index in [2.05, 4.69) is 71.0 Å². The minimum Gasteiger partial charge on any atom is -0.399 e. The summed E-state index contributed by atoms with van der Waals surface area (Å²) in [4.78, 5) is 1.27. The summed E-state index contributed by atoms with van der Waals surface area (Å²) in [5.74, 6) is 0. The molecule has 1 fully saturated rings. The zero-order chi connectivity index (χ0) is 18.8. The van der Waals surface area contributed by atoms with Crippen molar-refractivity contribution in [2.24, 2.45) is 0 Å². The predicted molar refractivity (Wildman–Crippen MR) is 113 cm³/mol. The first kappa shape index (κ1) is 19.7. The molecule has 0 radical (unpaired) electrons. The maximum Gasteiger partial charge on any atom is 0.505 e. The van der Waals surface area contributed by atoms with Gasteiger partial charge < -0.3 is 9.31 Å². The van der Waals surface area contributed by atoms with Crippen LogP contribution in [-0.2, 0) is 15.7 Å². The number of aryl methyl sites for hydroxylation is 1.